The lowest BCUT2D eigenvalue weighted by atomic mass is 9.74. The van der Waals surface area contributed by atoms with Crippen LogP contribution < -0.4 is 5.32 Å². The number of amides is 2. The highest BCUT2D eigenvalue weighted by Crippen LogP contribution is 2.37. The molecule has 1 saturated heterocycles. The number of nitrogens with one attached hydrogen (secondary N) is 1. The van der Waals surface area contributed by atoms with Gasteiger partial charge >= 0.3 is 6.03 Å². The van der Waals surface area contributed by atoms with Crippen LogP contribution in [-0.4, -0.2) is 30.1 Å². The van der Waals surface area contributed by atoms with Crippen molar-refractivity contribution in [3.8, 4) is 0 Å². The largest absolute Gasteiger partial charge is 0.335 e. The summed E-state index contributed by atoms with van der Waals surface area (Å²) >= 11 is 0. The van der Waals surface area contributed by atoms with Crippen LogP contribution in [0, 0.1) is 5.41 Å². The van der Waals surface area contributed by atoms with E-state index < -0.39 is 0 Å². The van der Waals surface area contributed by atoms with Gasteiger partial charge in [0.1, 0.15) is 0 Å². The molecule has 1 heterocycles. The second-order valence-electron chi connectivity index (χ2n) is 6.13. The van der Waals surface area contributed by atoms with Crippen molar-refractivity contribution in [1.82, 2.24) is 10.2 Å². The Balaban J connectivity index is 1.79. The average molecular weight is 252 g/mol. The first-order chi connectivity index (χ1) is 8.69. The molecule has 0 aromatic heterocycles. The van der Waals surface area contributed by atoms with E-state index in [9.17, 15) is 4.79 Å². The highest BCUT2D eigenvalue weighted by Gasteiger charge is 2.33. The molecule has 2 fully saturated rings. The monoisotopic (exact) mass is 252 g/mol. The number of piperidine rings is 1. The Bertz CT molecular complexity index is 270. The van der Waals surface area contributed by atoms with Gasteiger partial charge in [0.25, 0.3) is 0 Å². The van der Waals surface area contributed by atoms with Gasteiger partial charge in [-0.3, -0.25) is 0 Å². The molecule has 0 spiro atoms. The van der Waals surface area contributed by atoms with Crippen molar-refractivity contribution in [2.24, 2.45) is 5.41 Å². The fraction of sp³-hybridized carbons (Fsp3) is 0.933. The van der Waals surface area contributed by atoms with Gasteiger partial charge in [0.2, 0.25) is 0 Å². The molecule has 2 amide bonds. The molecule has 0 unspecified atom stereocenters. The molecule has 0 atom stereocenters. The van der Waals surface area contributed by atoms with Gasteiger partial charge in [0.05, 0.1) is 0 Å². The average Bonchev–Trinajstić information content (AvgIpc) is 2.91. The Kier molecular flexibility index (Phi) is 4.52. The molecule has 3 nitrogen and oxygen atoms in total. The third kappa shape index (κ3) is 2.99. The maximum Gasteiger partial charge on any atom is 0.317 e. The van der Waals surface area contributed by atoms with E-state index in [4.69, 9.17) is 0 Å². The van der Waals surface area contributed by atoms with Gasteiger partial charge in [-0.05, 0) is 31.1 Å². The van der Waals surface area contributed by atoms with Gasteiger partial charge in [0.15, 0.2) is 0 Å². The number of likely N-dealkylation sites (tertiary alicyclic amines) is 1. The van der Waals surface area contributed by atoms with Crippen LogP contribution in [0.1, 0.15) is 65.2 Å². The zero-order valence-electron chi connectivity index (χ0n) is 12.0. The summed E-state index contributed by atoms with van der Waals surface area (Å²) in [6, 6.07) is 0.629. The highest BCUT2D eigenvalue weighted by atomic mass is 16.2. The zero-order chi connectivity index (χ0) is 13.0. The molecule has 104 valence electrons. The predicted molar refractivity (Wildman–Crippen MR) is 74.6 cm³/mol. The van der Waals surface area contributed by atoms with E-state index in [1.165, 1.54) is 51.4 Å². The molecule has 0 radical (unpaired) electrons. The number of carbonyl (C=O) groups excluding carboxylic acids is 1. The Morgan fingerprint density at radius 2 is 1.72 bits per heavy atom. The van der Waals surface area contributed by atoms with E-state index >= 15 is 0 Å². The Morgan fingerprint density at radius 3 is 2.22 bits per heavy atom. The Morgan fingerprint density at radius 1 is 1.17 bits per heavy atom. The lowest BCUT2D eigenvalue weighted by Gasteiger charge is -2.41. The Hall–Kier alpha value is -0.730. The summed E-state index contributed by atoms with van der Waals surface area (Å²) in [7, 11) is 0. The molecule has 0 aromatic carbocycles. The number of hydrogen-bond acceptors (Lipinski definition) is 1. The summed E-state index contributed by atoms with van der Waals surface area (Å²) in [6.45, 7) is 6.47. The topological polar surface area (TPSA) is 32.3 Å². The van der Waals surface area contributed by atoms with Crippen LogP contribution in [0.15, 0.2) is 0 Å². The van der Waals surface area contributed by atoms with Crippen LogP contribution in [-0.2, 0) is 0 Å². The third-order valence-corrected chi connectivity index (χ3v) is 5.29. The summed E-state index contributed by atoms with van der Waals surface area (Å²) < 4.78 is 0. The van der Waals surface area contributed by atoms with Gasteiger partial charge < -0.3 is 10.2 Å². The van der Waals surface area contributed by atoms with Crippen molar-refractivity contribution in [3.63, 3.8) is 0 Å². The van der Waals surface area contributed by atoms with E-state index in [2.05, 4.69) is 19.2 Å². The molecule has 1 aliphatic carbocycles. The minimum Gasteiger partial charge on any atom is -0.335 e. The summed E-state index contributed by atoms with van der Waals surface area (Å²) in [4.78, 5) is 14.2. The molecule has 1 saturated carbocycles. The molecule has 2 aliphatic rings. The van der Waals surface area contributed by atoms with Crippen molar-refractivity contribution in [1.29, 1.82) is 0 Å². The van der Waals surface area contributed by atoms with Crippen molar-refractivity contribution in [3.05, 3.63) is 0 Å². The first-order valence-corrected chi connectivity index (χ1v) is 7.74. The highest BCUT2D eigenvalue weighted by molar-refractivity contribution is 5.74. The number of hydrogen-bond donors (Lipinski definition) is 1. The van der Waals surface area contributed by atoms with E-state index in [0.717, 1.165) is 13.1 Å². The van der Waals surface area contributed by atoms with Gasteiger partial charge in [-0.2, -0.15) is 0 Å². The summed E-state index contributed by atoms with van der Waals surface area (Å²) in [5.41, 5.74) is 0.504. The molecule has 2 rings (SSSR count). The normalized spacial score (nSPS) is 24.2. The molecule has 18 heavy (non-hydrogen) atoms. The van der Waals surface area contributed by atoms with Gasteiger partial charge in [-0.15, -0.1) is 0 Å². The van der Waals surface area contributed by atoms with E-state index in [1.54, 1.807) is 0 Å². The van der Waals surface area contributed by atoms with Gasteiger partial charge in [-0.1, -0.05) is 39.5 Å². The minimum absolute atomic E-state index is 0.183. The maximum atomic E-state index is 12.2. The predicted octanol–water partition coefficient (Wildman–Crippen LogP) is 3.54. The summed E-state index contributed by atoms with van der Waals surface area (Å²) in [6.07, 6.45) is 9.76. The van der Waals surface area contributed by atoms with Crippen molar-refractivity contribution in [2.45, 2.75) is 71.3 Å². The standard InChI is InChI=1S/C15H28N2O/c1-3-15(4-2)9-11-17(12-10-15)14(18)16-13-7-5-6-8-13/h13H,3-12H2,1-2H3,(H,16,18). The molecule has 0 aromatic rings. The molecule has 0 bridgehead atoms. The smallest absolute Gasteiger partial charge is 0.317 e. The van der Waals surface area contributed by atoms with Crippen LogP contribution in [0.2, 0.25) is 0 Å². The van der Waals surface area contributed by atoms with Crippen LogP contribution in [0.5, 0.6) is 0 Å². The molecular formula is C15H28N2O. The first kappa shape index (κ1) is 13.7. The third-order valence-electron chi connectivity index (χ3n) is 5.29. The second kappa shape index (κ2) is 5.94. The zero-order valence-corrected chi connectivity index (χ0v) is 12.0. The van der Waals surface area contributed by atoms with Crippen molar-refractivity contribution in [2.75, 3.05) is 13.1 Å². The van der Waals surface area contributed by atoms with Crippen LogP contribution in [0.3, 0.4) is 0 Å². The van der Waals surface area contributed by atoms with Gasteiger partial charge in [-0.25, -0.2) is 4.79 Å². The lowest BCUT2D eigenvalue weighted by molar-refractivity contribution is 0.107. The van der Waals surface area contributed by atoms with Crippen LogP contribution >= 0.6 is 0 Å². The molecule has 3 heteroatoms. The van der Waals surface area contributed by atoms with Crippen molar-refractivity contribution >= 4 is 6.03 Å². The fourth-order valence-electron chi connectivity index (χ4n) is 3.48. The van der Waals surface area contributed by atoms with Gasteiger partial charge in [0, 0.05) is 19.1 Å². The number of carbonyl (C=O) groups is 1. The fourth-order valence-corrected chi connectivity index (χ4v) is 3.48. The summed E-state index contributed by atoms with van der Waals surface area (Å²) in [5, 5.41) is 3.20. The quantitative estimate of drug-likeness (QED) is 0.818. The van der Waals surface area contributed by atoms with Crippen molar-refractivity contribution < 1.29 is 4.79 Å². The first-order valence-electron chi connectivity index (χ1n) is 7.74. The van der Waals surface area contributed by atoms with Crippen LogP contribution in [0.4, 0.5) is 4.79 Å². The molecule has 1 N–H and O–H groups in total. The second-order valence-corrected chi connectivity index (χ2v) is 6.13. The van der Waals surface area contributed by atoms with E-state index in [-0.39, 0.29) is 6.03 Å². The molecule has 1 aliphatic heterocycles. The number of nitrogens with zero attached hydrogens (tertiary/aromatic N) is 1. The number of rotatable bonds is 3. The Labute approximate surface area is 111 Å². The SMILES string of the molecule is CCC1(CC)CCN(C(=O)NC2CCCC2)CC1. The molecular weight excluding hydrogens is 224 g/mol. The van der Waals surface area contributed by atoms with E-state index in [0.29, 0.717) is 11.5 Å². The number of urea groups is 1. The summed E-state index contributed by atoms with van der Waals surface area (Å²) in [5.74, 6) is 0. The minimum atomic E-state index is 0.183. The van der Waals surface area contributed by atoms with Crippen LogP contribution in [0.25, 0.3) is 0 Å². The van der Waals surface area contributed by atoms with E-state index in [1.807, 2.05) is 4.90 Å². The lowest BCUT2D eigenvalue weighted by Crippen LogP contribution is -2.49. The maximum absolute atomic E-state index is 12.2.